The Kier molecular flexibility index (Phi) is 3.37. The van der Waals surface area contributed by atoms with Gasteiger partial charge in [-0.25, -0.2) is 13.6 Å². The summed E-state index contributed by atoms with van der Waals surface area (Å²) in [5, 5.41) is 0. The Morgan fingerprint density at radius 2 is 1.84 bits per heavy atom. The third kappa shape index (κ3) is 2.36. The second kappa shape index (κ2) is 4.83. The number of aromatic amines is 1. The molecule has 2 aromatic rings. The number of H-pyrrole nitrogens is 1. The predicted molar refractivity (Wildman–Crippen MR) is 69.7 cm³/mol. The number of aromatic nitrogens is 2. The molecule has 1 heterocycles. The standard InChI is InChI=1S/C12H11BF2N2O2/c1-6-10(13)11(18)16-12(19)17(6)5-7-8(14)3-2-4-9(7)15/h2-4H,5,13H2,1H3,(H,16,18,19). The third-order valence-corrected chi connectivity index (χ3v) is 3.13. The summed E-state index contributed by atoms with van der Waals surface area (Å²) in [6.07, 6.45) is 0. The van der Waals surface area contributed by atoms with Crippen LogP contribution in [-0.4, -0.2) is 17.4 Å². The highest BCUT2D eigenvalue weighted by molar-refractivity contribution is 6.32. The molecule has 0 aliphatic heterocycles. The number of halogens is 2. The first-order valence-electron chi connectivity index (χ1n) is 5.65. The van der Waals surface area contributed by atoms with Gasteiger partial charge in [-0.1, -0.05) is 6.07 Å². The average molecular weight is 264 g/mol. The summed E-state index contributed by atoms with van der Waals surface area (Å²) in [7, 11) is 1.54. The van der Waals surface area contributed by atoms with Crippen LogP contribution in [0.5, 0.6) is 0 Å². The van der Waals surface area contributed by atoms with Gasteiger partial charge in [0.05, 0.1) is 6.54 Å². The first-order valence-corrected chi connectivity index (χ1v) is 5.65. The molecule has 4 nitrogen and oxygen atoms in total. The maximum Gasteiger partial charge on any atom is 0.328 e. The van der Waals surface area contributed by atoms with Gasteiger partial charge in [0.15, 0.2) is 0 Å². The van der Waals surface area contributed by atoms with Crippen LogP contribution in [0.3, 0.4) is 0 Å². The van der Waals surface area contributed by atoms with E-state index in [2.05, 4.69) is 4.98 Å². The van der Waals surface area contributed by atoms with E-state index in [1.54, 1.807) is 14.8 Å². The van der Waals surface area contributed by atoms with Crippen molar-refractivity contribution in [1.29, 1.82) is 0 Å². The summed E-state index contributed by atoms with van der Waals surface area (Å²) in [4.78, 5) is 25.2. The number of nitrogens with zero attached hydrogens (tertiary/aromatic N) is 1. The molecule has 2 rings (SSSR count). The van der Waals surface area contributed by atoms with Crippen molar-refractivity contribution in [3.8, 4) is 0 Å². The van der Waals surface area contributed by atoms with Crippen LogP contribution in [0.2, 0.25) is 0 Å². The van der Waals surface area contributed by atoms with E-state index in [0.29, 0.717) is 11.2 Å². The normalized spacial score (nSPS) is 10.7. The first kappa shape index (κ1) is 13.3. The smallest absolute Gasteiger partial charge is 0.294 e. The SMILES string of the molecule is Bc1c(C)n(Cc2c(F)cccc2F)c(=O)[nH]c1=O. The van der Waals surface area contributed by atoms with E-state index >= 15 is 0 Å². The van der Waals surface area contributed by atoms with Gasteiger partial charge in [-0.2, -0.15) is 0 Å². The summed E-state index contributed by atoms with van der Waals surface area (Å²) >= 11 is 0. The Hall–Kier alpha value is -2.18. The van der Waals surface area contributed by atoms with Crippen molar-refractivity contribution in [2.45, 2.75) is 13.5 Å². The van der Waals surface area contributed by atoms with E-state index in [0.717, 1.165) is 16.7 Å². The largest absolute Gasteiger partial charge is 0.328 e. The molecule has 0 radical (unpaired) electrons. The number of hydrogen-bond acceptors (Lipinski definition) is 2. The number of rotatable bonds is 2. The molecule has 0 bridgehead atoms. The Morgan fingerprint density at radius 3 is 2.42 bits per heavy atom. The zero-order valence-corrected chi connectivity index (χ0v) is 10.5. The van der Waals surface area contributed by atoms with Crippen molar-refractivity contribution in [1.82, 2.24) is 9.55 Å². The summed E-state index contributed by atoms with van der Waals surface area (Å²) in [5.74, 6) is -1.45. The molecule has 0 atom stereocenters. The molecular formula is C12H11BF2N2O2. The minimum absolute atomic E-state index is 0.209. The molecule has 0 saturated carbocycles. The monoisotopic (exact) mass is 264 g/mol. The van der Waals surface area contributed by atoms with Crippen molar-refractivity contribution < 1.29 is 8.78 Å². The molecule has 1 aromatic heterocycles. The van der Waals surface area contributed by atoms with Gasteiger partial charge in [-0.05, 0) is 24.5 Å². The van der Waals surface area contributed by atoms with E-state index in [-0.39, 0.29) is 12.1 Å². The Bertz CT molecular complexity index is 732. The number of benzene rings is 1. The lowest BCUT2D eigenvalue weighted by Crippen LogP contribution is -2.43. The summed E-state index contributed by atoms with van der Waals surface area (Å²) in [6.45, 7) is 1.30. The fourth-order valence-corrected chi connectivity index (χ4v) is 1.81. The third-order valence-electron chi connectivity index (χ3n) is 3.13. The van der Waals surface area contributed by atoms with Gasteiger partial charge in [-0.3, -0.25) is 14.3 Å². The van der Waals surface area contributed by atoms with E-state index in [9.17, 15) is 18.4 Å². The number of nitrogens with one attached hydrogen (secondary N) is 1. The van der Waals surface area contributed by atoms with Crippen LogP contribution in [0, 0.1) is 18.6 Å². The van der Waals surface area contributed by atoms with Crippen LogP contribution in [0.1, 0.15) is 11.3 Å². The molecule has 98 valence electrons. The summed E-state index contributed by atoms with van der Waals surface area (Å²) in [6, 6.07) is 3.50. The highest BCUT2D eigenvalue weighted by Crippen LogP contribution is 2.13. The lowest BCUT2D eigenvalue weighted by molar-refractivity contribution is 0.537. The van der Waals surface area contributed by atoms with Crippen molar-refractivity contribution in [3.05, 3.63) is 61.9 Å². The Labute approximate surface area is 108 Å². The predicted octanol–water partition coefficient (Wildman–Crippen LogP) is -0.570. The highest BCUT2D eigenvalue weighted by Gasteiger charge is 2.13. The van der Waals surface area contributed by atoms with Gasteiger partial charge in [0.2, 0.25) is 5.56 Å². The van der Waals surface area contributed by atoms with Crippen LogP contribution in [0.15, 0.2) is 27.8 Å². The van der Waals surface area contributed by atoms with Crippen LogP contribution in [0.4, 0.5) is 8.78 Å². The molecule has 0 spiro atoms. The van der Waals surface area contributed by atoms with Crippen molar-refractivity contribution in [3.63, 3.8) is 0 Å². The second-order valence-corrected chi connectivity index (χ2v) is 4.26. The summed E-state index contributed by atoms with van der Waals surface area (Å²) in [5.41, 5.74) is -0.657. The minimum Gasteiger partial charge on any atom is -0.294 e. The average Bonchev–Trinajstić information content (AvgIpc) is 2.35. The molecule has 0 aliphatic rings. The quantitative estimate of drug-likeness (QED) is 0.738. The van der Waals surface area contributed by atoms with Gasteiger partial charge in [0.1, 0.15) is 19.5 Å². The fourth-order valence-electron chi connectivity index (χ4n) is 1.81. The fraction of sp³-hybridized carbons (Fsp3) is 0.167. The maximum atomic E-state index is 13.6. The Morgan fingerprint density at radius 1 is 1.26 bits per heavy atom. The molecule has 1 N–H and O–H groups in total. The van der Waals surface area contributed by atoms with E-state index in [1.807, 2.05) is 0 Å². The van der Waals surface area contributed by atoms with Gasteiger partial charge in [0.25, 0.3) is 0 Å². The zero-order valence-electron chi connectivity index (χ0n) is 10.5. The van der Waals surface area contributed by atoms with Gasteiger partial charge < -0.3 is 0 Å². The van der Waals surface area contributed by atoms with E-state index in [4.69, 9.17) is 0 Å². The zero-order chi connectivity index (χ0) is 14.2. The van der Waals surface area contributed by atoms with Gasteiger partial charge in [0, 0.05) is 11.3 Å². The molecule has 0 amide bonds. The molecule has 7 heteroatoms. The highest BCUT2D eigenvalue weighted by atomic mass is 19.1. The van der Waals surface area contributed by atoms with Crippen molar-refractivity contribution in [2.75, 3.05) is 0 Å². The molecule has 0 unspecified atom stereocenters. The molecule has 0 aliphatic carbocycles. The molecule has 1 aromatic carbocycles. The van der Waals surface area contributed by atoms with Crippen LogP contribution in [0.25, 0.3) is 0 Å². The van der Waals surface area contributed by atoms with Crippen LogP contribution >= 0.6 is 0 Å². The molecule has 0 saturated heterocycles. The topological polar surface area (TPSA) is 54.9 Å². The second-order valence-electron chi connectivity index (χ2n) is 4.26. The van der Waals surface area contributed by atoms with Crippen molar-refractivity contribution >= 4 is 13.3 Å². The van der Waals surface area contributed by atoms with E-state index < -0.39 is 22.9 Å². The van der Waals surface area contributed by atoms with Gasteiger partial charge >= 0.3 is 5.69 Å². The summed E-state index contributed by atoms with van der Waals surface area (Å²) < 4.78 is 28.2. The number of hydrogen-bond donors (Lipinski definition) is 1. The van der Waals surface area contributed by atoms with Gasteiger partial charge in [-0.15, -0.1) is 0 Å². The Balaban J connectivity index is 2.60. The minimum atomic E-state index is -0.727. The molecular weight excluding hydrogens is 253 g/mol. The molecule has 19 heavy (non-hydrogen) atoms. The van der Waals surface area contributed by atoms with Crippen LogP contribution in [-0.2, 0) is 6.54 Å². The first-order chi connectivity index (χ1) is 8.91. The van der Waals surface area contributed by atoms with E-state index in [1.165, 1.54) is 6.07 Å². The van der Waals surface area contributed by atoms with Crippen LogP contribution < -0.4 is 16.7 Å². The molecule has 0 fully saturated rings. The lowest BCUT2D eigenvalue weighted by atomic mass is 9.96. The van der Waals surface area contributed by atoms with Crippen molar-refractivity contribution in [2.24, 2.45) is 0 Å². The maximum absolute atomic E-state index is 13.6. The lowest BCUT2D eigenvalue weighted by Gasteiger charge is -2.12.